The standard InChI is InChI=1S/C23H26N2O5/c1-17(26)30-21-5-3-4-19(16-21)23(28)25-14-12-24(13-15-25)22(27)11-8-18-6-9-20(29-2)10-7-18/h3-7,9-10,16H,8,11-15H2,1-2H3. The Balaban J connectivity index is 1.49. The van der Waals surface area contributed by atoms with E-state index in [9.17, 15) is 14.4 Å². The SMILES string of the molecule is COc1ccc(CCC(=O)N2CCN(C(=O)c3cccc(OC(C)=O)c3)CC2)cc1. The molecule has 0 atom stereocenters. The molecule has 1 aliphatic heterocycles. The molecular formula is C23H26N2O5. The van der Waals surface area contributed by atoms with E-state index in [1.165, 1.54) is 6.92 Å². The third kappa shape index (κ3) is 5.59. The first-order valence-electron chi connectivity index (χ1n) is 9.94. The Labute approximate surface area is 176 Å². The van der Waals surface area contributed by atoms with Gasteiger partial charge in [0.25, 0.3) is 5.91 Å². The van der Waals surface area contributed by atoms with Crippen LogP contribution in [0.2, 0.25) is 0 Å². The molecule has 0 radical (unpaired) electrons. The van der Waals surface area contributed by atoms with E-state index < -0.39 is 5.97 Å². The van der Waals surface area contributed by atoms with Crippen molar-refractivity contribution in [1.29, 1.82) is 0 Å². The van der Waals surface area contributed by atoms with Gasteiger partial charge in [0.2, 0.25) is 5.91 Å². The van der Waals surface area contributed by atoms with Gasteiger partial charge in [0.1, 0.15) is 11.5 Å². The summed E-state index contributed by atoms with van der Waals surface area (Å²) in [5.41, 5.74) is 1.55. The van der Waals surface area contributed by atoms with Gasteiger partial charge in [-0.3, -0.25) is 14.4 Å². The number of ether oxygens (including phenoxy) is 2. The van der Waals surface area contributed by atoms with E-state index in [1.54, 1.807) is 36.3 Å². The molecule has 0 aromatic heterocycles. The van der Waals surface area contributed by atoms with Crippen molar-refractivity contribution in [3.8, 4) is 11.5 Å². The number of hydrogen-bond acceptors (Lipinski definition) is 5. The van der Waals surface area contributed by atoms with Crippen molar-refractivity contribution in [1.82, 2.24) is 9.80 Å². The molecule has 0 N–H and O–H groups in total. The van der Waals surface area contributed by atoms with Crippen molar-refractivity contribution in [3.05, 3.63) is 59.7 Å². The molecule has 7 heteroatoms. The van der Waals surface area contributed by atoms with Gasteiger partial charge in [-0.1, -0.05) is 18.2 Å². The maximum Gasteiger partial charge on any atom is 0.308 e. The zero-order chi connectivity index (χ0) is 21.5. The minimum Gasteiger partial charge on any atom is -0.497 e. The van der Waals surface area contributed by atoms with Crippen LogP contribution in [-0.2, 0) is 16.0 Å². The summed E-state index contributed by atoms with van der Waals surface area (Å²) >= 11 is 0. The summed E-state index contributed by atoms with van der Waals surface area (Å²) in [6, 6.07) is 14.3. The molecule has 158 valence electrons. The normalized spacial score (nSPS) is 13.7. The molecule has 1 saturated heterocycles. The Kier molecular flexibility index (Phi) is 7.06. The molecule has 7 nitrogen and oxygen atoms in total. The molecule has 2 aromatic carbocycles. The van der Waals surface area contributed by atoms with E-state index >= 15 is 0 Å². The minimum atomic E-state index is -0.429. The second kappa shape index (κ2) is 9.91. The van der Waals surface area contributed by atoms with E-state index in [-0.39, 0.29) is 11.8 Å². The summed E-state index contributed by atoms with van der Waals surface area (Å²) in [7, 11) is 1.62. The number of hydrogen-bond donors (Lipinski definition) is 0. The third-order valence-electron chi connectivity index (χ3n) is 5.05. The van der Waals surface area contributed by atoms with E-state index in [0.29, 0.717) is 50.3 Å². The highest BCUT2D eigenvalue weighted by Gasteiger charge is 2.25. The number of nitrogens with zero attached hydrogens (tertiary/aromatic N) is 2. The first kappa shape index (κ1) is 21.4. The number of rotatable bonds is 6. The van der Waals surface area contributed by atoms with Gasteiger partial charge in [0.15, 0.2) is 0 Å². The predicted octanol–water partition coefficient (Wildman–Crippen LogP) is 2.54. The van der Waals surface area contributed by atoms with Crippen LogP contribution < -0.4 is 9.47 Å². The number of piperazine rings is 1. The van der Waals surface area contributed by atoms with Crippen molar-refractivity contribution >= 4 is 17.8 Å². The molecule has 0 bridgehead atoms. The number of amides is 2. The summed E-state index contributed by atoms with van der Waals surface area (Å²) in [4.78, 5) is 39.9. The van der Waals surface area contributed by atoms with Crippen molar-refractivity contribution in [2.24, 2.45) is 0 Å². The maximum atomic E-state index is 12.7. The van der Waals surface area contributed by atoms with E-state index in [2.05, 4.69) is 0 Å². The second-order valence-corrected chi connectivity index (χ2v) is 7.14. The maximum absolute atomic E-state index is 12.7. The van der Waals surface area contributed by atoms with Crippen LogP contribution in [0.15, 0.2) is 48.5 Å². The van der Waals surface area contributed by atoms with Crippen LogP contribution in [0.25, 0.3) is 0 Å². The lowest BCUT2D eigenvalue weighted by Gasteiger charge is -2.35. The van der Waals surface area contributed by atoms with E-state index in [1.807, 2.05) is 29.2 Å². The number of methoxy groups -OCH3 is 1. The summed E-state index contributed by atoms with van der Waals surface area (Å²) in [6.07, 6.45) is 1.11. The van der Waals surface area contributed by atoms with Crippen LogP contribution >= 0.6 is 0 Å². The summed E-state index contributed by atoms with van der Waals surface area (Å²) < 4.78 is 10.2. The first-order chi connectivity index (χ1) is 14.5. The fourth-order valence-corrected chi connectivity index (χ4v) is 3.40. The van der Waals surface area contributed by atoms with Crippen molar-refractivity contribution in [2.45, 2.75) is 19.8 Å². The van der Waals surface area contributed by atoms with Crippen molar-refractivity contribution in [3.63, 3.8) is 0 Å². The van der Waals surface area contributed by atoms with Gasteiger partial charge in [0, 0.05) is 45.1 Å². The minimum absolute atomic E-state index is 0.0924. The van der Waals surface area contributed by atoms with Gasteiger partial charge >= 0.3 is 5.97 Å². The topological polar surface area (TPSA) is 76.2 Å². The average molecular weight is 410 g/mol. The highest BCUT2D eigenvalue weighted by molar-refractivity contribution is 5.95. The summed E-state index contributed by atoms with van der Waals surface area (Å²) in [6.45, 7) is 3.29. The van der Waals surface area contributed by atoms with E-state index in [0.717, 1.165) is 11.3 Å². The zero-order valence-corrected chi connectivity index (χ0v) is 17.3. The molecule has 3 rings (SSSR count). The molecular weight excluding hydrogens is 384 g/mol. The quantitative estimate of drug-likeness (QED) is 0.540. The lowest BCUT2D eigenvalue weighted by atomic mass is 10.1. The van der Waals surface area contributed by atoms with Crippen LogP contribution in [-0.4, -0.2) is 60.9 Å². The highest BCUT2D eigenvalue weighted by Crippen LogP contribution is 2.17. The molecule has 0 spiro atoms. The largest absolute Gasteiger partial charge is 0.497 e. The molecule has 30 heavy (non-hydrogen) atoms. The Hall–Kier alpha value is -3.35. The second-order valence-electron chi connectivity index (χ2n) is 7.14. The molecule has 1 heterocycles. The molecule has 1 fully saturated rings. The van der Waals surface area contributed by atoms with E-state index in [4.69, 9.17) is 9.47 Å². The summed E-state index contributed by atoms with van der Waals surface area (Å²) in [5, 5.41) is 0. The van der Waals surface area contributed by atoms with Gasteiger partial charge in [-0.15, -0.1) is 0 Å². The van der Waals surface area contributed by atoms with Crippen LogP contribution in [0.4, 0.5) is 0 Å². The van der Waals surface area contributed by atoms with Crippen molar-refractivity contribution in [2.75, 3.05) is 33.3 Å². The Morgan fingerprint density at radius 3 is 2.20 bits per heavy atom. The van der Waals surface area contributed by atoms with Gasteiger partial charge in [-0.2, -0.15) is 0 Å². The molecule has 1 aliphatic rings. The lowest BCUT2D eigenvalue weighted by Crippen LogP contribution is -2.50. The van der Waals surface area contributed by atoms with Crippen LogP contribution in [0.5, 0.6) is 11.5 Å². The molecule has 2 amide bonds. The molecule has 0 unspecified atom stereocenters. The molecule has 0 aliphatic carbocycles. The summed E-state index contributed by atoms with van der Waals surface area (Å²) in [5.74, 6) is 0.676. The third-order valence-corrected chi connectivity index (χ3v) is 5.05. The Bertz CT molecular complexity index is 902. The number of carbonyl (C=O) groups is 3. The van der Waals surface area contributed by atoms with Crippen LogP contribution in [0, 0.1) is 0 Å². The number of esters is 1. The van der Waals surface area contributed by atoms with Gasteiger partial charge in [-0.25, -0.2) is 0 Å². The van der Waals surface area contributed by atoms with Gasteiger partial charge < -0.3 is 19.3 Å². The molecule has 2 aromatic rings. The fraction of sp³-hybridized carbons (Fsp3) is 0.348. The lowest BCUT2D eigenvalue weighted by molar-refractivity contribution is -0.133. The molecule has 0 saturated carbocycles. The number of carbonyl (C=O) groups excluding carboxylic acids is 3. The monoisotopic (exact) mass is 410 g/mol. The fourth-order valence-electron chi connectivity index (χ4n) is 3.40. The van der Waals surface area contributed by atoms with Crippen LogP contribution in [0.1, 0.15) is 29.3 Å². The first-order valence-corrected chi connectivity index (χ1v) is 9.94. The average Bonchev–Trinajstić information content (AvgIpc) is 2.77. The predicted molar refractivity (Wildman–Crippen MR) is 112 cm³/mol. The smallest absolute Gasteiger partial charge is 0.308 e. The van der Waals surface area contributed by atoms with Gasteiger partial charge in [0.05, 0.1) is 7.11 Å². The van der Waals surface area contributed by atoms with Crippen molar-refractivity contribution < 1.29 is 23.9 Å². The number of aryl methyl sites for hydroxylation is 1. The Morgan fingerprint density at radius 1 is 0.900 bits per heavy atom. The number of benzene rings is 2. The Morgan fingerprint density at radius 2 is 1.57 bits per heavy atom. The highest BCUT2D eigenvalue weighted by atomic mass is 16.5. The zero-order valence-electron chi connectivity index (χ0n) is 17.3. The van der Waals surface area contributed by atoms with Crippen LogP contribution in [0.3, 0.4) is 0 Å². The van der Waals surface area contributed by atoms with Gasteiger partial charge in [-0.05, 0) is 42.3 Å².